The van der Waals surface area contributed by atoms with E-state index in [0.717, 1.165) is 6.33 Å². The van der Waals surface area contributed by atoms with Gasteiger partial charge in [0.05, 0.1) is 6.61 Å². The number of rotatable bonds is 4. The Balaban J connectivity index is 2.79. The average molecular weight is 293 g/mol. The average Bonchev–Trinajstić information content (AvgIpc) is 2.33. The molecule has 1 aromatic rings. The molecule has 0 saturated carbocycles. The van der Waals surface area contributed by atoms with Gasteiger partial charge in [-0.2, -0.15) is 0 Å². The van der Waals surface area contributed by atoms with E-state index in [1.54, 1.807) is 6.92 Å². The van der Waals surface area contributed by atoms with Gasteiger partial charge in [0.2, 0.25) is 0 Å². The number of nitrogens with zero attached hydrogens (tertiary/aromatic N) is 2. The Morgan fingerprint density at radius 2 is 2.00 bits per heavy atom. The molecule has 98 valence electrons. The first-order valence-electron chi connectivity index (χ1n) is 4.86. The molecule has 7 nitrogen and oxygen atoms in total. The van der Waals surface area contributed by atoms with Gasteiger partial charge in [0, 0.05) is 0 Å². The Morgan fingerprint density at radius 3 is 2.50 bits per heavy atom. The zero-order valence-electron chi connectivity index (χ0n) is 9.31. The maximum Gasteiger partial charge on any atom is 0.332 e. The van der Waals surface area contributed by atoms with Crippen LogP contribution in [0.4, 0.5) is 5.69 Å². The first-order valence-corrected chi connectivity index (χ1v) is 5.62. The maximum atomic E-state index is 11.6. The summed E-state index contributed by atoms with van der Waals surface area (Å²) in [5, 5.41) is 2.15. The van der Waals surface area contributed by atoms with Crippen LogP contribution >= 0.6 is 23.2 Å². The van der Waals surface area contributed by atoms with E-state index in [1.807, 2.05) is 0 Å². The van der Waals surface area contributed by atoms with Gasteiger partial charge < -0.3 is 15.8 Å². The smallest absolute Gasteiger partial charge is 0.332 e. The Labute approximate surface area is 113 Å². The molecule has 0 bridgehead atoms. The summed E-state index contributed by atoms with van der Waals surface area (Å²) in [5.41, 5.74) is 5.37. The molecule has 1 unspecified atom stereocenters. The van der Waals surface area contributed by atoms with Gasteiger partial charge in [0.1, 0.15) is 12.0 Å². The predicted molar refractivity (Wildman–Crippen MR) is 65.3 cm³/mol. The van der Waals surface area contributed by atoms with Crippen LogP contribution in [0, 0.1) is 0 Å². The van der Waals surface area contributed by atoms with E-state index in [9.17, 15) is 9.59 Å². The number of anilines is 1. The van der Waals surface area contributed by atoms with Crippen LogP contribution in [0.3, 0.4) is 0 Å². The lowest BCUT2D eigenvalue weighted by Gasteiger charge is -2.12. The van der Waals surface area contributed by atoms with E-state index < -0.39 is 17.9 Å². The van der Waals surface area contributed by atoms with Crippen molar-refractivity contribution in [3.05, 3.63) is 16.6 Å². The van der Waals surface area contributed by atoms with Crippen molar-refractivity contribution < 1.29 is 14.3 Å². The fraction of sp³-hybridized carbons (Fsp3) is 0.333. The van der Waals surface area contributed by atoms with E-state index in [1.165, 1.54) is 0 Å². The van der Waals surface area contributed by atoms with Gasteiger partial charge in [-0.1, -0.05) is 23.2 Å². The van der Waals surface area contributed by atoms with Crippen LogP contribution < -0.4 is 11.1 Å². The molecule has 0 aliphatic heterocycles. The lowest BCUT2D eigenvalue weighted by Crippen LogP contribution is -2.43. The van der Waals surface area contributed by atoms with E-state index in [4.69, 9.17) is 28.9 Å². The summed E-state index contributed by atoms with van der Waals surface area (Å²) in [4.78, 5) is 30.1. The molecule has 3 N–H and O–H groups in total. The van der Waals surface area contributed by atoms with Crippen molar-refractivity contribution in [3.63, 3.8) is 0 Å². The number of carbonyl (C=O) groups is 2. The maximum absolute atomic E-state index is 11.6. The van der Waals surface area contributed by atoms with Crippen molar-refractivity contribution in [1.82, 2.24) is 9.97 Å². The molecule has 0 spiro atoms. The molecule has 1 heterocycles. The predicted octanol–water partition coefficient (Wildman–Crippen LogP) is 0.612. The minimum atomic E-state index is -1.47. The Bertz CT molecular complexity index is 449. The second kappa shape index (κ2) is 6.48. The summed E-state index contributed by atoms with van der Waals surface area (Å²) >= 11 is 11.4. The molecule has 0 aliphatic rings. The number of halogens is 2. The third-order valence-corrected chi connectivity index (χ3v) is 2.40. The Hall–Kier alpha value is -1.44. The second-order valence-corrected chi connectivity index (χ2v) is 3.77. The molecule has 0 saturated heterocycles. The zero-order valence-corrected chi connectivity index (χ0v) is 10.8. The Kier molecular flexibility index (Phi) is 5.26. The number of esters is 1. The number of nitrogens with two attached hydrogens (primary N) is 1. The summed E-state index contributed by atoms with van der Waals surface area (Å²) in [6.07, 6.45) is 1.13. The first-order chi connectivity index (χ1) is 8.47. The largest absolute Gasteiger partial charge is 0.464 e. The topological polar surface area (TPSA) is 107 Å². The summed E-state index contributed by atoms with van der Waals surface area (Å²) in [7, 11) is 0. The fourth-order valence-corrected chi connectivity index (χ4v) is 1.40. The van der Waals surface area contributed by atoms with Crippen LogP contribution in [0.15, 0.2) is 6.33 Å². The second-order valence-electron chi connectivity index (χ2n) is 3.05. The van der Waals surface area contributed by atoms with Crippen molar-refractivity contribution in [1.29, 1.82) is 0 Å². The van der Waals surface area contributed by atoms with Gasteiger partial charge in [0.25, 0.3) is 5.91 Å². The van der Waals surface area contributed by atoms with E-state index >= 15 is 0 Å². The highest BCUT2D eigenvalue weighted by Gasteiger charge is 2.25. The molecule has 1 rings (SSSR count). The lowest BCUT2D eigenvalue weighted by molar-refractivity contribution is -0.146. The van der Waals surface area contributed by atoms with Gasteiger partial charge in [-0.15, -0.1) is 0 Å². The molecular weight excluding hydrogens is 283 g/mol. The SMILES string of the molecule is CCOC(=O)C(N)C(=O)Nc1c(Cl)ncnc1Cl. The van der Waals surface area contributed by atoms with Gasteiger partial charge >= 0.3 is 5.97 Å². The van der Waals surface area contributed by atoms with Gasteiger partial charge in [-0.25, -0.2) is 14.8 Å². The standard InChI is InChI=1S/C9H10Cl2N4O3/c1-2-18-9(17)4(12)8(16)15-5-6(10)13-3-14-7(5)11/h3-4H,2,12H2,1H3,(H,15,16). The number of amides is 1. The van der Waals surface area contributed by atoms with E-state index in [0.29, 0.717) is 0 Å². The van der Waals surface area contributed by atoms with Crippen molar-refractivity contribution in [3.8, 4) is 0 Å². The Morgan fingerprint density at radius 1 is 1.44 bits per heavy atom. The molecule has 18 heavy (non-hydrogen) atoms. The summed E-state index contributed by atoms with van der Waals surface area (Å²) in [6.45, 7) is 1.72. The number of hydrogen-bond acceptors (Lipinski definition) is 6. The molecule has 0 radical (unpaired) electrons. The monoisotopic (exact) mass is 292 g/mol. The first kappa shape index (κ1) is 14.6. The number of aromatic nitrogens is 2. The van der Waals surface area contributed by atoms with Crippen LogP contribution in [0.25, 0.3) is 0 Å². The fourth-order valence-electron chi connectivity index (χ4n) is 0.988. The third kappa shape index (κ3) is 3.52. The quantitative estimate of drug-likeness (QED) is 0.478. The molecule has 1 aromatic heterocycles. The van der Waals surface area contributed by atoms with Gasteiger partial charge in [-0.05, 0) is 6.92 Å². The van der Waals surface area contributed by atoms with Crippen molar-refractivity contribution in [2.75, 3.05) is 11.9 Å². The highest BCUT2D eigenvalue weighted by Crippen LogP contribution is 2.25. The molecule has 1 amide bonds. The van der Waals surface area contributed by atoms with Crippen LogP contribution in [0.5, 0.6) is 0 Å². The van der Waals surface area contributed by atoms with Crippen LogP contribution in [0.2, 0.25) is 10.3 Å². The number of nitrogens with one attached hydrogen (secondary N) is 1. The highest BCUT2D eigenvalue weighted by atomic mass is 35.5. The van der Waals surface area contributed by atoms with E-state index in [2.05, 4.69) is 20.0 Å². The van der Waals surface area contributed by atoms with Crippen LogP contribution in [-0.4, -0.2) is 34.5 Å². The molecule has 0 aromatic carbocycles. The minimum absolute atomic E-state index is 0.00872. The minimum Gasteiger partial charge on any atom is -0.464 e. The summed E-state index contributed by atoms with van der Waals surface area (Å²) < 4.78 is 4.60. The van der Waals surface area contributed by atoms with E-state index in [-0.39, 0.29) is 22.6 Å². The third-order valence-electron chi connectivity index (χ3n) is 1.83. The molecule has 9 heteroatoms. The zero-order chi connectivity index (χ0) is 13.7. The van der Waals surface area contributed by atoms with Crippen molar-refractivity contribution in [2.24, 2.45) is 5.73 Å². The summed E-state index contributed by atoms with van der Waals surface area (Å²) in [6, 6.07) is -1.47. The summed E-state index contributed by atoms with van der Waals surface area (Å²) in [5.74, 6) is -1.66. The van der Waals surface area contributed by atoms with Gasteiger partial charge in [0.15, 0.2) is 16.3 Å². The van der Waals surface area contributed by atoms with Crippen molar-refractivity contribution >= 4 is 40.8 Å². The van der Waals surface area contributed by atoms with Gasteiger partial charge in [-0.3, -0.25) is 4.79 Å². The molecule has 1 atom stereocenters. The van der Waals surface area contributed by atoms with Crippen LogP contribution in [0.1, 0.15) is 6.92 Å². The number of ether oxygens (including phenoxy) is 1. The molecular formula is C9H10Cl2N4O3. The molecule has 0 aliphatic carbocycles. The number of carbonyl (C=O) groups excluding carboxylic acids is 2. The lowest BCUT2D eigenvalue weighted by atomic mass is 10.3. The molecule has 0 fully saturated rings. The normalized spacial score (nSPS) is 11.8. The number of hydrogen-bond donors (Lipinski definition) is 2. The highest BCUT2D eigenvalue weighted by molar-refractivity contribution is 6.38. The van der Waals surface area contributed by atoms with Crippen LogP contribution in [-0.2, 0) is 14.3 Å². The van der Waals surface area contributed by atoms with Crippen molar-refractivity contribution in [2.45, 2.75) is 13.0 Å².